The molecule has 0 aromatic heterocycles. The van der Waals surface area contributed by atoms with Gasteiger partial charge >= 0.3 is 19.9 Å². The zero-order valence-corrected chi connectivity index (χ0v) is 29.7. The molecule has 0 saturated heterocycles. The Kier molecular flexibility index (Phi) is 10.9. The third-order valence-corrected chi connectivity index (χ3v) is 13.2. The lowest BCUT2D eigenvalue weighted by atomic mass is 9.47. The van der Waals surface area contributed by atoms with Crippen LogP contribution in [0.15, 0.2) is 35.9 Å². The molecule has 0 bridgehead atoms. The van der Waals surface area contributed by atoms with Crippen molar-refractivity contribution in [2.24, 2.45) is 46.3 Å². The fraction of sp³-hybridized carbons (Fsp3) is 0.730. The van der Waals surface area contributed by atoms with E-state index < -0.39 is 25.9 Å². The maximum Gasteiger partial charge on any atom is 0.524 e. The van der Waals surface area contributed by atoms with E-state index in [1.165, 1.54) is 74.8 Å². The first-order valence-corrected chi connectivity index (χ1v) is 19.4. The number of carboxylic acid groups (broad SMARTS) is 1. The number of allylic oxidation sites excluding steroid dienone is 1. The van der Waals surface area contributed by atoms with E-state index in [0.717, 1.165) is 48.9 Å². The summed E-state index contributed by atoms with van der Waals surface area (Å²) >= 11 is 0. The Morgan fingerprint density at radius 2 is 1.72 bits per heavy atom. The van der Waals surface area contributed by atoms with Gasteiger partial charge in [0.05, 0.1) is 0 Å². The number of alkyl carbamates (subject to hydrolysis) is 1. The first-order chi connectivity index (χ1) is 22.1. The molecular formula is C37H56NO8P. The van der Waals surface area contributed by atoms with E-state index in [1.54, 1.807) is 0 Å². The number of phosphoric ester groups is 1. The average molecular weight is 674 g/mol. The zero-order chi connectivity index (χ0) is 34.1. The lowest BCUT2D eigenvalue weighted by Crippen LogP contribution is -2.51. The highest BCUT2D eigenvalue weighted by Gasteiger charge is 2.59. The van der Waals surface area contributed by atoms with Crippen molar-refractivity contribution in [3.8, 4) is 5.75 Å². The molecule has 4 unspecified atom stereocenters. The van der Waals surface area contributed by atoms with Crippen molar-refractivity contribution in [1.82, 2.24) is 5.32 Å². The van der Waals surface area contributed by atoms with Gasteiger partial charge in [0.2, 0.25) is 0 Å². The fourth-order valence-electron chi connectivity index (χ4n) is 10.3. The van der Waals surface area contributed by atoms with Gasteiger partial charge in [-0.15, -0.1) is 0 Å². The van der Waals surface area contributed by atoms with Gasteiger partial charge in [-0.25, -0.2) is 14.2 Å². The minimum Gasteiger partial charge on any atom is -0.480 e. The molecule has 1 aromatic rings. The molecule has 9 atom stereocenters. The van der Waals surface area contributed by atoms with Gasteiger partial charge in [-0.1, -0.05) is 77.7 Å². The van der Waals surface area contributed by atoms with Crippen LogP contribution >= 0.6 is 7.82 Å². The van der Waals surface area contributed by atoms with Crippen LogP contribution in [-0.4, -0.2) is 39.1 Å². The van der Waals surface area contributed by atoms with E-state index in [4.69, 9.17) is 14.5 Å². The minimum atomic E-state index is -4.69. The highest BCUT2D eigenvalue weighted by Crippen LogP contribution is 2.67. The van der Waals surface area contributed by atoms with Gasteiger partial charge in [-0.05, 0) is 109 Å². The van der Waals surface area contributed by atoms with E-state index in [9.17, 15) is 19.3 Å². The van der Waals surface area contributed by atoms with Crippen LogP contribution in [0.3, 0.4) is 0 Å². The number of fused-ring (bicyclic) bond motifs is 5. The Bertz CT molecular complexity index is 1360. The normalized spacial score (nSPS) is 33.1. The predicted molar refractivity (Wildman–Crippen MR) is 181 cm³/mol. The van der Waals surface area contributed by atoms with Crippen molar-refractivity contribution >= 4 is 19.9 Å². The number of rotatable bonds is 12. The van der Waals surface area contributed by atoms with Gasteiger partial charge in [0.25, 0.3) is 0 Å². The number of benzene rings is 1. The number of aliphatic carboxylic acids is 1. The summed E-state index contributed by atoms with van der Waals surface area (Å²) in [7, 11) is -4.69. The van der Waals surface area contributed by atoms with Crippen molar-refractivity contribution in [1.29, 1.82) is 0 Å². The first-order valence-electron chi connectivity index (χ1n) is 17.8. The number of hydrogen-bond donors (Lipinski definition) is 4. The molecule has 0 radical (unpaired) electrons. The molecule has 47 heavy (non-hydrogen) atoms. The standard InChI is InChI=1S/C37H56NO8P/c1-23(2)7-6-8-24(3)30-15-16-31-29-14-11-26-22-28(17-19-36(26,4)32(29)18-20-37(30,31)5)45-35(41)38-33(34(39)40)21-25-9-12-27(13-10-25)46-47(42,43)44/h9-13,23-24,28-33H,6-8,14-22H2,1-5H3,(H,38,41)(H,39,40)(H2,42,43,44)/t24-,28+,29?,30-,31+,32+,33?,36?,37?/m1/s1. The topological polar surface area (TPSA) is 142 Å². The van der Waals surface area contributed by atoms with E-state index in [2.05, 4.69) is 50.5 Å². The number of carbonyl (C=O) groups excluding carboxylic acids is 1. The maximum atomic E-state index is 12.9. The van der Waals surface area contributed by atoms with Crippen LogP contribution in [0.25, 0.3) is 0 Å². The number of nitrogens with one attached hydrogen (secondary N) is 1. The molecule has 4 aliphatic rings. The number of phosphoric acid groups is 1. The van der Waals surface area contributed by atoms with Crippen LogP contribution in [0.2, 0.25) is 0 Å². The Balaban J connectivity index is 1.17. The van der Waals surface area contributed by atoms with E-state index in [1.807, 2.05) is 0 Å². The van der Waals surface area contributed by atoms with Crippen LogP contribution in [0.5, 0.6) is 5.75 Å². The van der Waals surface area contributed by atoms with Gasteiger partial charge < -0.3 is 19.7 Å². The second kappa shape index (κ2) is 14.2. The number of carboxylic acids is 1. The Hall–Kier alpha value is -2.35. The Morgan fingerprint density at radius 3 is 2.38 bits per heavy atom. The molecule has 0 spiro atoms. The van der Waals surface area contributed by atoms with Crippen LogP contribution in [0.4, 0.5) is 4.79 Å². The number of hydrogen-bond acceptors (Lipinski definition) is 5. The van der Waals surface area contributed by atoms with Gasteiger partial charge in [0.1, 0.15) is 17.9 Å². The second-order valence-corrected chi connectivity index (χ2v) is 17.2. The maximum absolute atomic E-state index is 12.9. The molecule has 4 N–H and O–H groups in total. The molecule has 0 aliphatic heterocycles. The average Bonchev–Trinajstić information content (AvgIpc) is 3.34. The third-order valence-electron chi connectivity index (χ3n) is 12.7. The number of ether oxygens (including phenoxy) is 1. The summed E-state index contributed by atoms with van der Waals surface area (Å²) in [6.45, 7) is 12.3. The summed E-state index contributed by atoms with van der Waals surface area (Å²) in [4.78, 5) is 42.8. The largest absolute Gasteiger partial charge is 0.524 e. The highest BCUT2D eigenvalue weighted by atomic mass is 31.2. The summed E-state index contributed by atoms with van der Waals surface area (Å²) in [6, 6.07) is 4.49. The molecule has 4 aliphatic carbocycles. The molecule has 3 fully saturated rings. The Labute approximate surface area is 280 Å². The van der Waals surface area contributed by atoms with Crippen molar-refractivity contribution < 1.29 is 38.3 Å². The fourth-order valence-corrected chi connectivity index (χ4v) is 10.7. The molecule has 5 rings (SSSR count). The quantitative estimate of drug-likeness (QED) is 0.128. The zero-order valence-electron chi connectivity index (χ0n) is 28.8. The molecule has 1 amide bonds. The Morgan fingerprint density at radius 1 is 1.00 bits per heavy atom. The molecule has 1 aromatic carbocycles. The van der Waals surface area contributed by atoms with Gasteiger partial charge in [-0.3, -0.25) is 9.79 Å². The van der Waals surface area contributed by atoms with Crippen LogP contribution in [0.1, 0.15) is 111 Å². The molecule has 262 valence electrons. The molecule has 3 saturated carbocycles. The lowest BCUT2D eigenvalue weighted by molar-refractivity contribution is -0.139. The van der Waals surface area contributed by atoms with Gasteiger partial charge in [0, 0.05) is 12.8 Å². The van der Waals surface area contributed by atoms with E-state index >= 15 is 0 Å². The van der Waals surface area contributed by atoms with Crippen molar-refractivity contribution in [3.05, 3.63) is 41.5 Å². The van der Waals surface area contributed by atoms with Crippen molar-refractivity contribution in [2.45, 2.75) is 124 Å². The van der Waals surface area contributed by atoms with Crippen molar-refractivity contribution in [3.63, 3.8) is 0 Å². The lowest BCUT2D eigenvalue weighted by Gasteiger charge is -2.58. The van der Waals surface area contributed by atoms with Crippen molar-refractivity contribution in [2.75, 3.05) is 0 Å². The van der Waals surface area contributed by atoms with E-state index in [0.29, 0.717) is 23.3 Å². The summed E-state index contributed by atoms with van der Waals surface area (Å²) in [5.74, 6) is 3.35. The monoisotopic (exact) mass is 673 g/mol. The van der Waals surface area contributed by atoms with Crippen LogP contribution in [-0.2, 0) is 20.5 Å². The number of carbonyl (C=O) groups is 2. The number of amides is 1. The molecular weight excluding hydrogens is 617 g/mol. The second-order valence-electron chi connectivity index (χ2n) is 16.0. The molecule has 10 heteroatoms. The summed E-state index contributed by atoms with van der Waals surface area (Å²) in [5, 5.41) is 12.3. The summed E-state index contributed by atoms with van der Waals surface area (Å²) in [5.41, 5.74) is 2.54. The smallest absolute Gasteiger partial charge is 0.480 e. The minimum absolute atomic E-state index is 0.0186. The van der Waals surface area contributed by atoms with Crippen LogP contribution < -0.4 is 9.84 Å². The molecule has 0 heterocycles. The van der Waals surface area contributed by atoms with E-state index in [-0.39, 0.29) is 23.7 Å². The van der Waals surface area contributed by atoms with Gasteiger partial charge in [0.15, 0.2) is 0 Å². The summed E-state index contributed by atoms with van der Waals surface area (Å²) < 4.78 is 21.4. The highest BCUT2D eigenvalue weighted by molar-refractivity contribution is 7.46. The van der Waals surface area contributed by atoms with Crippen LogP contribution in [0, 0.1) is 46.3 Å². The third kappa shape index (κ3) is 8.11. The molecule has 9 nitrogen and oxygen atoms in total. The summed E-state index contributed by atoms with van der Waals surface area (Å²) in [6.07, 6.45) is 14.3. The van der Waals surface area contributed by atoms with Gasteiger partial charge in [-0.2, -0.15) is 0 Å². The SMILES string of the molecule is CC(C)CCC[C@@H](C)[C@H]1CC[C@H]2C3CC=C4C[C@@H](OC(=O)NC(Cc5ccc(OP(=O)(O)O)cc5)C(=O)O)CCC4(C)[C@H]3CCC12C. The predicted octanol–water partition coefficient (Wildman–Crippen LogP) is 8.29. The first kappa shape index (κ1) is 35.9.